The van der Waals surface area contributed by atoms with Gasteiger partial charge in [0.1, 0.15) is 0 Å². The summed E-state index contributed by atoms with van der Waals surface area (Å²) in [7, 11) is 0. The topological polar surface area (TPSA) is 61.8 Å². The predicted octanol–water partition coefficient (Wildman–Crippen LogP) is 1.13. The summed E-state index contributed by atoms with van der Waals surface area (Å²) in [6, 6.07) is 0. The monoisotopic (exact) mass is 260 g/mol. The van der Waals surface area contributed by atoms with E-state index >= 15 is 0 Å². The first-order valence-corrected chi connectivity index (χ1v) is 6.36. The van der Waals surface area contributed by atoms with E-state index in [1.165, 1.54) is 18.7 Å². The maximum Gasteiger partial charge on any atom is 0.345 e. The lowest BCUT2D eigenvalue weighted by Gasteiger charge is -2.14. The van der Waals surface area contributed by atoms with Crippen molar-refractivity contribution in [2.45, 2.75) is 18.8 Å². The van der Waals surface area contributed by atoms with Crippen molar-refractivity contribution in [3.8, 4) is 0 Å². The molecule has 5 nitrogen and oxygen atoms in total. The quantitative estimate of drug-likeness (QED) is 0.558. The first-order valence-electron chi connectivity index (χ1n) is 5.31. The van der Waals surface area contributed by atoms with Gasteiger partial charge in [-0.3, -0.25) is 0 Å². The summed E-state index contributed by atoms with van der Waals surface area (Å²) in [4.78, 5) is 22.4. The molecule has 96 valence electrons. The number of carbonyl (C=O) groups excluding carboxylic acids is 2. The Morgan fingerprint density at radius 3 is 3.00 bits per heavy atom. The minimum Gasteiger partial charge on any atom is -0.450 e. The van der Waals surface area contributed by atoms with Gasteiger partial charge in [-0.2, -0.15) is 0 Å². The Balaban J connectivity index is 2.23. The van der Waals surface area contributed by atoms with Crippen molar-refractivity contribution < 1.29 is 23.8 Å². The summed E-state index contributed by atoms with van der Waals surface area (Å²) >= 11 is 1.53. The van der Waals surface area contributed by atoms with Crippen molar-refractivity contribution in [2.24, 2.45) is 0 Å². The van der Waals surface area contributed by atoms with Crippen LogP contribution in [-0.4, -0.2) is 42.9 Å². The Kier molecular flexibility index (Phi) is 6.07. The van der Waals surface area contributed by atoms with Crippen LogP contribution in [0.2, 0.25) is 0 Å². The van der Waals surface area contributed by atoms with E-state index in [9.17, 15) is 9.59 Å². The fourth-order valence-electron chi connectivity index (χ4n) is 1.10. The third kappa shape index (κ3) is 5.74. The van der Waals surface area contributed by atoms with Gasteiger partial charge in [0.25, 0.3) is 0 Å². The largest absolute Gasteiger partial charge is 0.450 e. The molecule has 0 aromatic heterocycles. The Labute approximate surface area is 104 Å². The third-order valence-electron chi connectivity index (χ3n) is 1.92. The van der Waals surface area contributed by atoms with Crippen molar-refractivity contribution in [2.75, 3.05) is 25.6 Å². The summed E-state index contributed by atoms with van der Waals surface area (Å²) in [6.07, 6.45) is 0.948. The summed E-state index contributed by atoms with van der Waals surface area (Å²) in [5.74, 6) is -0.266. The van der Waals surface area contributed by atoms with E-state index in [2.05, 4.69) is 11.3 Å². The molecule has 0 spiro atoms. The molecule has 0 N–H and O–H groups in total. The summed E-state index contributed by atoms with van der Waals surface area (Å²) in [5.41, 5.74) is -0.0569. The van der Waals surface area contributed by atoms with Gasteiger partial charge in [0, 0.05) is 12.2 Å². The molecular formula is C11H16O5S. The molecule has 1 fully saturated rings. The summed E-state index contributed by atoms with van der Waals surface area (Å²) in [5, 5.41) is 0. The van der Waals surface area contributed by atoms with Gasteiger partial charge in [-0.25, -0.2) is 9.59 Å². The Morgan fingerprint density at radius 2 is 2.29 bits per heavy atom. The van der Waals surface area contributed by atoms with E-state index in [4.69, 9.17) is 9.47 Å². The van der Waals surface area contributed by atoms with Crippen LogP contribution < -0.4 is 0 Å². The predicted molar refractivity (Wildman–Crippen MR) is 63.5 cm³/mol. The highest BCUT2D eigenvalue weighted by molar-refractivity contribution is 7.99. The number of thioether (sulfide) groups is 1. The highest BCUT2D eigenvalue weighted by Gasteiger charge is 2.18. The van der Waals surface area contributed by atoms with Crippen molar-refractivity contribution in [1.82, 2.24) is 0 Å². The molecule has 0 bridgehead atoms. The number of hydrogen-bond donors (Lipinski definition) is 0. The Hall–Kier alpha value is -1.01. The maximum atomic E-state index is 11.4. The van der Waals surface area contributed by atoms with E-state index < -0.39 is 11.9 Å². The first-order chi connectivity index (χ1) is 8.09. The van der Waals surface area contributed by atoms with Crippen LogP contribution in [0.1, 0.15) is 13.3 Å². The second kappa shape index (κ2) is 7.34. The van der Waals surface area contributed by atoms with Crippen LogP contribution in [0.5, 0.6) is 0 Å². The van der Waals surface area contributed by atoms with E-state index in [1.807, 2.05) is 0 Å². The minimum atomic E-state index is -0.591. The fourth-order valence-corrected chi connectivity index (χ4v) is 2.02. The second-order valence-corrected chi connectivity index (χ2v) is 4.84. The molecule has 1 unspecified atom stereocenters. The van der Waals surface area contributed by atoms with Gasteiger partial charge in [-0.15, -0.1) is 11.8 Å². The number of esters is 2. The molecule has 1 aliphatic heterocycles. The number of rotatable bonds is 4. The molecule has 0 aromatic rings. The first kappa shape index (κ1) is 14.1. The molecule has 17 heavy (non-hydrogen) atoms. The van der Waals surface area contributed by atoms with Gasteiger partial charge in [-0.1, -0.05) is 6.58 Å². The smallest absolute Gasteiger partial charge is 0.345 e. The standard InChI is InChI=1S/C11H16O5S/c1-8(2)11(13)15-6-9(12)16-10-7-14-4-3-5-17-10/h10H,1,3-7H2,2H3. The SMILES string of the molecule is C=C(C)C(=O)OCC(=O)OC1COCCCS1. The van der Waals surface area contributed by atoms with Crippen LogP contribution in [0.15, 0.2) is 12.2 Å². The highest BCUT2D eigenvalue weighted by Crippen LogP contribution is 2.17. The van der Waals surface area contributed by atoms with Crippen molar-refractivity contribution in [3.63, 3.8) is 0 Å². The molecule has 0 radical (unpaired) electrons. The molecule has 1 heterocycles. The molecule has 0 saturated carbocycles. The van der Waals surface area contributed by atoms with Crippen LogP contribution in [0.3, 0.4) is 0 Å². The molecule has 1 atom stereocenters. The number of hydrogen-bond acceptors (Lipinski definition) is 6. The van der Waals surface area contributed by atoms with E-state index in [1.54, 1.807) is 0 Å². The molecule has 1 rings (SSSR count). The molecule has 0 aromatic carbocycles. The average molecular weight is 260 g/mol. The van der Waals surface area contributed by atoms with Gasteiger partial charge < -0.3 is 14.2 Å². The summed E-state index contributed by atoms with van der Waals surface area (Å²) in [6.45, 7) is 5.61. The highest BCUT2D eigenvalue weighted by atomic mass is 32.2. The molecule has 1 aliphatic rings. The molecule has 6 heteroatoms. The van der Waals surface area contributed by atoms with E-state index in [-0.39, 0.29) is 17.6 Å². The normalized spacial score (nSPS) is 20.2. The average Bonchev–Trinajstić information content (AvgIpc) is 2.54. The van der Waals surface area contributed by atoms with Crippen LogP contribution in [0.25, 0.3) is 0 Å². The van der Waals surface area contributed by atoms with Crippen LogP contribution >= 0.6 is 11.8 Å². The number of carbonyl (C=O) groups is 2. The molecular weight excluding hydrogens is 244 g/mol. The van der Waals surface area contributed by atoms with Gasteiger partial charge >= 0.3 is 11.9 Å². The summed E-state index contributed by atoms with van der Waals surface area (Å²) < 4.78 is 15.0. The second-order valence-electron chi connectivity index (χ2n) is 3.58. The van der Waals surface area contributed by atoms with Crippen molar-refractivity contribution in [3.05, 3.63) is 12.2 Å². The lowest BCUT2D eigenvalue weighted by molar-refractivity contribution is -0.158. The zero-order chi connectivity index (χ0) is 12.7. The van der Waals surface area contributed by atoms with Gasteiger partial charge in [0.15, 0.2) is 12.0 Å². The molecule has 1 saturated heterocycles. The van der Waals surface area contributed by atoms with Crippen LogP contribution in [-0.2, 0) is 23.8 Å². The van der Waals surface area contributed by atoms with E-state index in [0.717, 1.165) is 12.2 Å². The van der Waals surface area contributed by atoms with Crippen LogP contribution in [0.4, 0.5) is 0 Å². The Morgan fingerprint density at radius 1 is 1.53 bits per heavy atom. The third-order valence-corrected chi connectivity index (χ3v) is 3.05. The maximum absolute atomic E-state index is 11.4. The minimum absolute atomic E-state index is 0.255. The molecule has 0 amide bonds. The van der Waals surface area contributed by atoms with Crippen molar-refractivity contribution in [1.29, 1.82) is 0 Å². The zero-order valence-corrected chi connectivity index (χ0v) is 10.6. The molecule has 0 aliphatic carbocycles. The zero-order valence-electron chi connectivity index (χ0n) is 9.77. The lowest BCUT2D eigenvalue weighted by atomic mass is 10.4. The number of ether oxygens (including phenoxy) is 3. The van der Waals surface area contributed by atoms with Crippen LogP contribution in [0, 0.1) is 0 Å². The Bertz CT molecular complexity index is 294. The van der Waals surface area contributed by atoms with Crippen molar-refractivity contribution >= 4 is 23.7 Å². The van der Waals surface area contributed by atoms with Gasteiger partial charge in [0.05, 0.1) is 6.61 Å². The van der Waals surface area contributed by atoms with Gasteiger partial charge in [0.2, 0.25) is 0 Å². The lowest BCUT2D eigenvalue weighted by Crippen LogP contribution is -2.24. The van der Waals surface area contributed by atoms with E-state index in [0.29, 0.717) is 13.2 Å². The fraction of sp³-hybridized carbons (Fsp3) is 0.636. The van der Waals surface area contributed by atoms with Gasteiger partial charge in [-0.05, 0) is 19.1 Å².